The van der Waals surface area contributed by atoms with Gasteiger partial charge in [-0.05, 0) is 106 Å². The van der Waals surface area contributed by atoms with Gasteiger partial charge in [-0.25, -0.2) is 0 Å². The zero-order valence-corrected chi connectivity index (χ0v) is 22.8. The average molecular weight is 509 g/mol. The first-order valence-electron chi connectivity index (χ1n) is 13.4. The number of benzene rings is 2. The van der Waals surface area contributed by atoms with Crippen molar-refractivity contribution in [2.75, 3.05) is 26.4 Å². The van der Waals surface area contributed by atoms with Gasteiger partial charge >= 0.3 is 0 Å². The molecule has 3 aliphatic rings. The Morgan fingerprint density at radius 1 is 0.892 bits per heavy atom. The number of allylic oxidation sites excluding steroid dienone is 2. The Bertz CT molecular complexity index is 1100. The maximum Gasteiger partial charge on any atom is 0.197 e. The molecule has 5 rings (SSSR count). The van der Waals surface area contributed by atoms with Crippen molar-refractivity contribution in [3.63, 3.8) is 0 Å². The number of aryl methyl sites for hydroxylation is 1. The molecule has 0 spiro atoms. The molecule has 200 valence electrons. The van der Waals surface area contributed by atoms with E-state index in [1.165, 1.54) is 16.7 Å². The van der Waals surface area contributed by atoms with Crippen LogP contribution in [0.4, 0.5) is 0 Å². The molecule has 37 heavy (non-hydrogen) atoms. The number of rotatable bonds is 12. The molecular weight excluding hydrogens is 468 g/mol. The van der Waals surface area contributed by atoms with E-state index < -0.39 is 0 Å². The molecule has 2 fully saturated rings. The van der Waals surface area contributed by atoms with Crippen LogP contribution in [-0.4, -0.2) is 50.2 Å². The van der Waals surface area contributed by atoms with Crippen LogP contribution in [0.3, 0.4) is 0 Å². The van der Waals surface area contributed by atoms with Gasteiger partial charge in [0.25, 0.3) is 0 Å². The second-order valence-electron chi connectivity index (χ2n) is 11.2. The van der Waals surface area contributed by atoms with E-state index in [0.717, 1.165) is 49.5 Å². The van der Waals surface area contributed by atoms with Gasteiger partial charge in [0.15, 0.2) is 12.6 Å². The molecule has 2 aromatic carbocycles. The predicted molar refractivity (Wildman–Crippen MR) is 143 cm³/mol. The molecule has 2 heterocycles. The maximum absolute atomic E-state index is 6.03. The van der Waals surface area contributed by atoms with Gasteiger partial charge in [0.05, 0.1) is 26.4 Å². The summed E-state index contributed by atoms with van der Waals surface area (Å²) in [5.74, 6) is 2.22. The van der Waals surface area contributed by atoms with E-state index in [2.05, 4.69) is 62.4 Å². The Kier molecular flexibility index (Phi) is 7.64. The summed E-state index contributed by atoms with van der Waals surface area (Å²) in [4.78, 5) is 0. The first kappa shape index (κ1) is 26.2. The van der Waals surface area contributed by atoms with E-state index in [0.29, 0.717) is 19.1 Å². The van der Waals surface area contributed by atoms with Crippen molar-refractivity contribution in [3.8, 4) is 11.5 Å². The molecule has 0 amide bonds. The lowest BCUT2D eigenvalue weighted by Gasteiger charge is -2.24. The highest BCUT2D eigenvalue weighted by Gasteiger charge is 2.40. The highest BCUT2D eigenvalue weighted by molar-refractivity contribution is 5.68. The van der Waals surface area contributed by atoms with Crippen LogP contribution in [0.15, 0.2) is 48.5 Å². The fourth-order valence-electron chi connectivity index (χ4n) is 4.64. The van der Waals surface area contributed by atoms with Crippen molar-refractivity contribution in [1.82, 2.24) is 0 Å². The summed E-state index contributed by atoms with van der Waals surface area (Å²) in [6.07, 6.45) is 5.01. The first-order chi connectivity index (χ1) is 17.7. The monoisotopic (exact) mass is 508 g/mol. The highest BCUT2D eigenvalue weighted by Crippen LogP contribution is 2.37. The summed E-state index contributed by atoms with van der Waals surface area (Å²) < 4.78 is 34.2. The van der Waals surface area contributed by atoms with Crippen molar-refractivity contribution in [2.24, 2.45) is 0 Å². The Morgan fingerprint density at radius 3 is 2.05 bits per heavy atom. The lowest BCUT2D eigenvalue weighted by molar-refractivity contribution is -0.0815. The van der Waals surface area contributed by atoms with Crippen LogP contribution >= 0.6 is 0 Å². The minimum Gasteiger partial charge on any atom is -0.465 e. The molecule has 2 saturated heterocycles. The van der Waals surface area contributed by atoms with Crippen molar-refractivity contribution >= 4 is 5.57 Å². The summed E-state index contributed by atoms with van der Waals surface area (Å²) >= 11 is 0. The van der Waals surface area contributed by atoms with Gasteiger partial charge in [0, 0.05) is 0 Å². The SMILES string of the molecule is Cc1cc(C2=CCC(c3ccc(OC(C)OCC4(C)CO4)cc3)CC2)ccc1OC(C)OCC1(C)CO1. The lowest BCUT2D eigenvalue weighted by atomic mass is 9.82. The third-order valence-corrected chi connectivity index (χ3v) is 7.42. The molecule has 0 bridgehead atoms. The highest BCUT2D eigenvalue weighted by atomic mass is 16.7. The van der Waals surface area contributed by atoms with Crippen LogP contribution in [-0.2, 0) is 18.9 Å². The van der Waals surface area contributed by atoms with Crippen molar-refractivity contribution in [2.45, 2.75) is 83.6 Å². The van der Waals surface area contributed by atoms with Gasteiger partial charge < -0.3 is 28.4 Å². The van der Waals surface area contributed by atoms with Crippen molar-refractivity contribution < 1.29 is 28.4 Å². The summed E-state index contributed by atoms with van der Waals surface area (Å²) in [6.45, 7) is 12.7. The van der Waals surface area contributed by atoms with Crippen LogP contribution in [0.5, 0.6) is 11.5 Å². The molecule has 5 atom stereocenters. The zero-order valence-electron chi connectivity index (χ0n) is 22.8. The van der Waals surface area contributed by atoms with Crippen LogP contribution in [0.25, 0.3) is 5.57 Å². The average Bonchev–Trinajstić information content (AvgIpc) is 3.82. The van der Waals surface area contributed by atoms with Gasteiger partial charge in [-0.2, -0.15) is 0 Å². The molecule has 2 aliphatic heterocycles. The van der Waals surface area contributed by atoms with E-state index in [1.807, 2.05) is 20.8 Å². The summed E-state index contributed by atoms with van der Waals surface area (Å²) in [5.41, 5.74) is 4.91. The number of epoxide rings is 2. The summed E-state index contributed by atoms with van der Waals surface area (Å²) in [5, 5.41) is 0. The topological polar surface area (TPSA) is 62.0 Å². The molecule has 0 N–H and O–H groups in total. The third kappa shape index (κ3) is 7.14. The predicted octanol–water partition coefficient (Wildman–Crippen LogP) is 6.41. The zero-order chi connectivity index (χ0) is 26.0. The molecule has 0 saturated carbocycles. The molecule has 0 radical (unpaired) electrons. The molecular formula is C31H40O6. The second-order valence-corrected chi connectivity index (χ2v) is 11.2. The van der Waals surface area contributed by atoms with E-state index in [4.69, 9.17) is 28.4 Å². The number of hydrogen-bond acceptors (Lipinski definition) is 6. The molecule has 2 aromatic rings. The van der Waals surface area contributed by atoms with Crippen LogP contribution in [0, 0.1) is 6.92 Å². The maximum atomic E-state index is 6.03. The van der Waals surface area contributed by atoms with Crippen LogP contribution < -0.4 is 9.47 Å². The fourth-order valence-corrected chi connectivity index (χ4v) is 4.64. The fraction of sp³-hybridized carbons (Fsp3) is 0.548. The van der Waals surface area contributed by atoms with Gasteiger partial charge in [-0.3, -0.25) is 0 Å². The molecule has 6 heteroatoms. The van der Waals surface area contributed by atoms with Crippen molar-refractivity contribution in [1.29, 1.82) is 0 Å². The van der Waals surface area contributed by atoms with Gasteiger partial charge in [-0.1, -0.05) is 24.3 Å². The molecule has 5 unspecified atom stereocenters. The standard InChI is InChI=1S/C31H40O6/c1-21-16-27(12-15-29(21)37-23(3)33-18-31(5)20-35-31)26-8-6-24(7-9-26)25-10-13-28(14-11-25)36-22(2)32-17-30(4)19-34-30/h8,10-16,22-24H,6-7,9,17-20H2,1-5H3. The van der Waals surface area contributed by atoms with Crippen molar-refractivity contribution in [3.05, 3.63) is 65.2 Å². The Labute approximate surface area is 220 Å². The number of ether oxygens (including phenoxy) is 6. The third-order valence-electron chi connectivity index (χ3n) is 7.42. The quantitative estimate of drug-likeness (QED) is 0.244. The van der Waals surface area contributed by atoms with Gasteiger partial charge in [0.1, 0.15) is 22.7 Å². The Hall–Kier alpha value is -2.38. The van der Waals surface area contributed by atoms with Crippen LogP contribution in [0.2, 0.25) is 0 Å². The Balaban J connectivity index is 1.11. The van der Waals surface area contributed by atoms with E-state index in [9.17, 15) is 0 Å². The molecule has 0 aromatic heterocycles. The minimum atomic E-state index is -0.312. The number of hydrogen-bond donors (Lipinski definition) is 0. The molecule has 1 aliphatic carbocycles. The first-order valence-corrected chi connectivity index (χ1v) is 13.4. The molecule has 6 nitrogen and oxygen atoms in total. The van der Waals surface area contributed by atoms with E-state index in [1.54, 1.807) is 0 Å². The smallest absolute Gasteiger partial charge is 0.197 e. The normalized spacial score (nSPS) is 28.2. The largest absolute Gasteiger partial charge is 0.465 e. The lowest BCUT2D eigenvalue weighted by Crippen LogP contribution is -2.24. The Morgan fingerprint density at radius 2 is 1.51 bits per heavy atom. The van der Waals surface area contributed by atoms with Crippen LogP contribution in [0.1, 0.15) is 69.6 Å². The van der Waals surface area contributed by atoms with E-state index in [-0.39, 0.29) is 23.8 Å². The van der Waals surface area contributed by atoms with E-state index >= 15 is 0 Å². The summed E-state index contributed by atoms with van der Waals surface area (Å²) in [6, 6.07) is 14.9. The summed E-state index contributed by atoms with van der Waals surface area (Å²) in [7, 11) is 0. The second kappa shape index (κ2) is 10.8. The van der Waals surface area contributed by atoms with Gasteiger partial charge in [-0.15, -0.1) is 0 Å². The van der Waals surface area contributed by atoms with Gasteiger partial charge in [0.2, 0.25) is 0 Å². The minimum absolute atomic E-state index is 0.124.